The Bertz CT molecular complexity index is 536. The summed E-state index contributed by atoms with van der Waals surface area (Å²) in [6, 6.07) is 7.96. The first-order valence-corrected chi connectivity index (χ1v) is 8.65. The molecule has 1 saturated carbocycles. The summed E-state index contributed by atoms with van der Waals surface area (Å²) in [4.78, 5) is 14.3. The SMILES string of the molecule is Cc1ccccc1[C@]1(O)CCN(C(=O)CCC2CCCC2)C1. The number of rotatable bonds is 4. The minimum absolute atomic E-state index is 0.219. The van der Waals surface area contributed by atoms with Crippen LogP contribution in [-0.2, 0) is 10.4 Å². The Kier molecular flexibility index (Phi) is 4.53. The highest BCUT2D eigenvalue weighted by Crippen LogP contribution is 2.35. The predicted molar refractivity (Wildman–Crippen MR) is 87.5 cm³/mol. The molecule has 22 heavy (non-hydrogen) atoms. The molecule has 2 fully saturated rings. The molecule has 1 amide bonds. The second-order valence-corrected chi connectivity index (χ2v) is 7.10. The molecule has 2 aliphatic rings. The molecular formula is C19H27NO2. The van der Waals surface area contributed by atoms with Gasteiger partial charge in [0.15, 0.2) is 0 Å². The second-order valence-electron chi connectivity index (χ2n) is 7.10. The first-order chi connectivity index (χ1) is 10.6. The van der Waals surface area contributed by atoms with E-state index in [1.54, 1.807) is 0 Å². The van der Waals surface area contributed by atoms with Gasteiger partial charge in [0.1, 0.15) is 5.60 Å². The fourth-order valence-corrected chi connectivity index (χ4v) is 4.11. The Morgan fingerprint density at radius 2 is 2.05 bits per heavy atom. The molecule has 120 valence electrons. The van der Waals surface area contributed by atoms with E-state index in [0.717, 1.165) is 23.5 Å². The Morgan fingerprint density at radius 3 is 2.77 bits per heavy atom. The summed E-state index contributed by atoms with van der Waals surface area (Å²) in [6.45, 7) is 3.15. The van der Waals surface area contributed by atoms with Crippen molar-refractivity contribution in [1.82, 2.24) is 4.90 Å². The van der Waals surface area contributed by atoms with Crippen LogP contribution in [0.5, 0.6) is 0 Å². The minimum Gasteiger partial charge on any atom is -0.383 e. The number of likely N-dealkylation sites (tertiary alicyclic amines) is 1. The fraction of sp³-hybridized carbons (Fsp3) is 0.632. The largest absolute Gasteiger partial charge is 0.383 e. The number of carbonyl (C=O) groups is 1. The van der Waals surface area contributed by atoms with Crippen molar-refractivity contribution in [2.75, 3.05) is 13.1 Å². The van der Waals surface area contributed by atoms with Crippen molar-refractivity contribution < 1.29 is 9.90 Å². The number of hydrogen-bond donors (Lipinski definition) is 1. The van der Waals surface area contributed by atoms with Crippen molar-refractivity contribution in [3.8, 4) is 0 Å². The van der Waals surface area contributed by atoms with Crippen LogP contribution >= 0.6 is 0 Å². The van der Waals surface area contributed by atoms with Gasteiger partial charge < -0.3 is 10.0 Å². The smallest absolute Gasteiger partial charge is 0.222 e. The Morgan fingerprint density at radius 1 is 1.32 bits per heavy atom. The number of aryl methyl sites for hydroxylation is 1. The van der Waals surface area contributed by atoms with E-state index in [0.29, 0.717) is 25.9 Å². The number of carbonyl (C=O) groups excluding carboxylic acids is 1. The fourth-order valence-electron chi connectivity index (χ4n) is 4.11. The van der Waals surface area contributed by atoms with Crippen LogP contribution in [0.1, 0.15) is 56.1 Å². The molecule has 1 heterocycles. The standard InChI is InChI=1S/C19H27NO2/c1-15-6-2-5-9-17(15)19(22)12-13-20(14-19)18(21)11-10-16-7-3-4-8-16/h2,5-6,9,16,22H,3-4,7-8,10-14H2,1H3/t19-/m0/s1. The van der Waals surface area contributed by atoms with Crippen LogP contribution in [0.4, 0.5) is 0 Å². The third-order valence-electron chi connectivity index (χ3n) is 5.49. The molecule has 1 aromatic rings. The molecule has 0 radical (unpaired) electrons. The van der Waals surface area contributed by atoms with E-state index in [-0.39, 0.29) is 5.91 Å². The zero-order valence-electron chi connectivity index (χ0n) is 13.6. The zero-order valence-corrected chi connectivity index (χ0v) is 13.6. The molecule has 1 aliphatic heterocycles. The van der Waals surface area contributed by atoms with Gasteiger partial charge in [0.2, 0.25) is 5.91 Å². The van der Waals surface area contributed by atoms with Crippen molar-refractivity contribution in [1.29, 1.82) is 0 Å². The summed E-state index contributed by atoms with van der Waals surface area (Å²) in [5, 5.41) is 10.9. The lowest BCUT2D eigenvalue weighted by Gasteiger charge is -2.25. The quantitative estimate of drug-likeness (QED) is 0.926. The number of hydrogen-bond acceptors (Lipinski definition) is 2. The number of β-amino-alcohol motifs (C(OH)–C–C–N with tert-alkyl or cyclic N) is 1. The first-order valence-electron chi connectivity index (χ1n) is 8.65. The summed E-state index contributed by atoms with van der Waals surface area (Å²) in [5.41, 5.74) is 1.21. The van der Waals surface area contributed by atoms with Gasteiger partial charge in [0.25, 0.3) is 0 Å². The summed E-state index contributed by atoms with van der Waals surface area (Å²) < 4.78 is 0. The number of benzene rings is 1. The lowest BCUT2D eigenvalue weighted by atomic mass is 9.89. The van der Waals surface area contributed by atoms with Crippen molar-refractivity contribution in [2.24, 2.45) is 5.92 Å². The second kappa shape index (κ2) is 6.41. The van der Waals surface area contributed by atoms with Gasteiger partial charge in [-0.2, -0.15) is 0 Å². The predicted octanol–water partition coefficient (Wildman–Crippen LogP) is 3.39. The third-order valence-corrected chi connectivity index (χ3v) is 5.49. The maximum Gasteiger partial charge on any atom is 0.222 e. The van der Waals surface area contributed by atoms with E-state index in [1.165, 1.54) is 25.7 Å². The monoisotopic (exact) mass is 301 g/mol. The van der Waals surface area contributed by atoms with E-state index in [2.05, 4.69) is 0 Å². The highest BCUT2D eigenvalue weighted by Gasteiger charge is 2.40. The van der Waals surface area contributed by atoms with Gasteiger partial charge in [-0.1, -0.05) is 49.9 Å². The zero-order chi connectivity index (χ0) is 15.6. The van der Waals surface area contributed by atoms with Crippen molar-refractivity contribution in [3.05, 3.63) is 35.4 Å². The summed E-state index contributed by atoms with van der Waals surface area (Å²) in [6.07, 6.45) is 7.56. The Labute approximate surface area is 133 Å². The van der Waals surface area contributed by atoms with E-state index in [4.69, 9.17) is 0 Å². The van der Waals surface area contributed by atoms with Gasteiger partial charge in [-0.15, -0.1) is 0 Å². The molecular weight excluding hydrogens is 274 g/mol. The molecule has 0 aromatic heterocycles. The summed E-state index contributed by atoms with van der Waals surface area (Å²) in [7, 11) is 0. The van der Waals surface area contributed by atoms with E-state index < -0.39 is 5.60 Å². The average molecular weight is 301 g/mol. The Hall–Kier alpha value is -1.35. The highest BCUT2D eigenvalue weighted by atomic mass is 16.3. The van der Waals surface area contributed by atoms with Crippen LogP contribution in [-0.4, -0.2) is 29.0 Å². The van der Waals surface area contributed by atoms with E-state index in [9.17, 15) is 9.90 Å². The number of nitrogens with zero attached hydrogens (tertiary/aromatic N) is 1. The van der Waals surface area contributed by atoms with Crippen LogP contribution in [0.15, 0.2) is 24.3 Å². The van der Waals surface area contributed by atoms with Gasteiger partial charge >= 0.3 is 0 Å². The molecule has 0 spiro atoms. The van der Waals surface area contributed by atoms with Gasteiger partial charge in [-0.05, 0) is 36.8 Å². The molecule has 1 atom stereocenters. The maximum atomic E-state index is 12.4. The molecule has 3 nitrogen and oxygen atoms in total. The normalized spacial score (nSPS) is 25.8. The lowest BCUT2D eigenvalue weighted by molar-refractivity contribution is -0.131. The molecule has 1 N–H and O–H groups in total. The van der Waals surface area contributed by atoms with Gasteiger partial charge in [0.05, 0.1) is 6.54 Å². The van der Waals surface area contributed by atoms with Crippen LogP contribution in [0.3, 0.4) is 0 Å². The summed E-state index contributed by atoms with van der Waals surface area (Å²) >= 11 is 0. The van der Waals surface area contributed by atoms with E-state index >= 15 is 0 Å². The first kappa shape index (κ1) is 15.5. The molecule has 0 bridgehead atoms. The summed E-state index contributed by atoms with van der Waals surface area (Å²) in [5.74, 6) is 0.971. The number of aliphatic hydroxyl groups is 1. The molecule has 3 rings (SSSR count). The highest BCUT2D eigenvalue weighted by molar-refractivity contribution is 5.76. The third kappa shape index (κ3) is 3.19. The van der Waals surface area contributed by atoms with Crippen LogP contribution < -0.4 is 0 Å². The van der Waals surface area contributed by atoms with Crippen molar-refractivity contribution >= 4 is 5.91 Å². The molecule has 1 saturated heterocycles. The molecule has 1 aromatic carbocycles. The van der Waals surface area contributed by atoms with Gasteiger partial charge in [0, 0.05) is 13.0 Å². The average Bonchev–Trinajstić information content (AvgIpc) is 3.15. The molecule has 3 heteroatoms. The van der Waals surface area contributed by atoms with Gasteiger partial charge in [-0.3, -0.25) is 4.79 Å². The minimum atomic E-state index is -0.867. The van der Waals surface area contributed by atoms with Crippen molar-refractivity contribution in [2.45, 2.75) is 57.5 Å². The lowest BCUT2D eigenvalue weighted by Crippen LogP contribution is -2.34. The van der Waals surface area contributed by atoms with Crippen LogP contribution in [0.25, 0.3) is 0 Å². The molecule has 1 aliphatic carbocycles. The van der Waals surface area contributed by atoms with Crippen LogP contribution in [0.2, 0.25) is 0 Å². The molecule has 0 unspecified atom stereocenters. The topological polar surface area (TPSA) is 40.5 Å². The van der Waals surface area contributed by atoms with Gasteiger partial charge in [-0.25, -0.2) is 0 Å². The van der Waals surface area contributed by atoms with Crippen molar-refractivity contribution in [3.63, 3.8) is 0 Å². The van der Waals surface area contributed by atoms with E-state index in [1.807, 2.05) is 36.1 Å². The number of amides is 1. The van der Waals surface area contributed by atoms with Crippen LogP contribution in [0, 0.1) is 12.8 Å². The maximum absolute atomic E-state index is 12.4. The Balaban J connectivity index is 1.59.